The van der Waals surface area contributed by atoms with Crippen molar-refractivity contribution in [3.63, 3.8) is 0 Å². The molecule has 0 radical (unpaired) electrons. The van der Waals surface area contributed by atoms with Gasteiger partial charge in [0.2, 0.25) is 0 Å². The van der Waals surface area contributed by atoms with Gasteiger partial charge in [-0.2, -0.15) is 0 Å². The van der Waals surface area contributed by atoms with Gasteiger partial charge in [-0.25, -0.2) is 4.79 Å². The normalized spacial score (nSPS) is 21.3. The Balaban J connectivity index is 1.35. The Morgan fingerprint density at radius 2 is 1.73 bits per heavy atom. The Labute approximate surface area is 218 Å². The lowest BCUT2D eigenvalue weighted by molar-refractivity contribution is -0.0663. The Morgan fingerprint density at radius 1 is 1.03 bits per heavy atom. The number of aromatic nitrogens is 1. The molecule has 2 atom stereocenters. The van der Waals surface area contributed by atoms with Crippen LogP contribution in [-0.2, 0) is 10.3 Å². The lowest BCUT2D eigenvalue weighted by atomic mass is 9.80. The summed E-state index contributed by atoms with van der Waals surface area (Å²) in [5, 5.41) is 10.7. The smallest absolute Gasteiger partial charge is 0.411 e. The molecule has 1 unspecified atom stereocenters. The molecule has 37 heavy (non-hydrogen) atoms. The monoisotopic (exact) mass is 500 g/mol. The van der Waals surface area contributed by atoms with Crippen LogP contribution in [0.2, 0.25) is 0 Å². The summed E-state index contributed by atoms with van der Waals surface area (Å²) in [6, 6.07) is 21.7. The fraction of sp³-hybridized carbons (Fsp3) is 0.419. The van der Waals surface area contributed by atoms with Gasteiger partial charge in [-0.1, -0.05) is 54.6 Å². The number of pyridine rings is 1. The minimum atomic E-state index is -0.994. The highest BCUT2D eigenvalue weighted by Gasteiger charge is 2.44. The molecular weight excluding hydrogens is 464 g/mol. The predicted molar refractivity (Wildman–Crippen MR) is 144 cm³/mol. The number of aliphatic hydroxyl groups is 1. The van der Waals surface area contributed by atoms with Crippen LogP contribution in [0.4, 0.5) is 4.79 Å². The number of nitrogens with zero attached hydrogens (tertiary/aromatic N) is 2. The van der Waals surface area contributed by atoms with E-state index in [0.29, 0.717) is 25.4 Å². The highest BCUT2D eigenvalue weighted by atomic mass is 16.6. The molecule has 194 valence electrons. The predicted octanol–water partition coefficient (Wildman–Crippen LogP) is 6.20. The largest absolute Gasteiger partial charge is 0.438 e. The molecule has 6 heteroatoms. The number of benzene rings is 2. The summed E-state index contributed by atoms with van der Waals surface area (Å²) in [7, 11) is 0. The molecule has 0 spiro atoms. The van der Waals surface area contributed by atoms with Gasteiger partial charge in [0, 0.05) is 31.3 Å². The first-order valence-electron chi connectivity index (χ1n) is 13.3. The maximum Gasteiger partial charge on any atom is 0.411 e. The third-order valence-electron chi connectivity index (χ3n) is 7.60. The highest BCUT2D eigenvalue weighted by Crippen LogP contribution is 2.42. The van der Waals surface area contributed by atoms with Crippen LogP contribution in [0.15, 0.2) is 77.7 Å². The Kier molecular flexibility index (Phi) is 6.71. The molecule has 1 saturated heterocycles. The van der Waals surface area contributed by atoms with Crippen molar-refractivity contribution in [1.29, 1.82) is 0 Å². The topological polar surface area (TPSA) is 71.8 Å². The van der Waals surface area contributed by atoms with Crippen LogP contribution in [0.25, 0.3) is 11.1 Å². The number of carbonyl (C=O) groups excluding carboxylic acids is 1. The van der Waals surface area contributed by atoms with Crippen LogP contribution < -0.4 is 5.56 Å². The summed E-state index contributed by atoms with van der Waals surface area (Å²) in [5.74, 6) is 0. The Morgan fingerprint density at radius 3 is 2.35 bits per heavy atom. The Hall–Kier alpha value is -3.38. The van der Waals surface area contributed by atoms with Gasteiger partial charge in [-0.15, -0.1) is 0 Å². The van der Waals surface area contributed by atoms with Gasteiger partial charge < -0.3 is 19.3 Å². The number of carbonyl (C=O) groups is 1. The summed E-state index contributed by atoms with van der Waals surface area (Å²) in [4.78, 5) is 27.8. The van der Waals surface area contributed by atoms with Crippen LogP contribution in [0.5, 0.6) is 0 Å². The second-order valence-electron chi connectivity index (χ2n) is 11.2. The minimum absolute atomic E-state index is 0.0395. The SMILES string of the molecule is C[C@@H](c1ccc(-c2ccn(C3CC3)c(=O)c2)cc1)N1CCCC(CC(C)(C)O)(c2ccccc2)OC1=O. The summed E-state index contributed by atoms with van der Waals surface area (Å²) in [6.07, 6.45) is 5.41. The molecule has 0 bridgehead atoms. The summed E-state index contributed by atoms with van der Waals surface area (Å²) in [5.41, 5.74) is 1.95. The van der Waals surface area contributed by atoms with E-state index in [1.54, 1.807) is 24.8 Å². The standard InChI is InChI=1S/C31H36N2O4/c1-22(23-10-12-24(13-11-23)25-16-19-33(27-14-15-27)28(34)20-25)32-18-7-17-31(37-29(32)35,21-30(2,3)36)26-8-5-4-6-9-26/h4-6,8-13,16,19-20,22,27,36H,7,14-15,17-18,21H2,1-3H3/t22-,31?/m0/s1. The molecule has 2 aliphatic rings. The molecular formula is C31H36N2O4. The zero-order chi connectivity index (χ0) is 26.2. The number of amides is 1. The van der Waals surface area contributed by atoms with E-state index >= 15 is 0 Å². The van der Waals surface area contributed by atoms with E-state index in [9.17, 15) is 14.7 Å². The van der Waals surface area contributed by atoms with E-state index in [1.165, 1.54) is 0 Å². The van der Waals surface area contributed by atoms with E-state index in [4.69, 9.17) is 4.74 Å². The molecule has 1 aromatic heterocycles. The van der Waals surface area contributed by atoms with Crippen LogP contribution in [-0.4, -0.2) is 32.8 Å². The zero-order valence-electron chi connectivity index (χ0n) is 21.9. The van der Waals surface area contributed by atoms with Crippen LogP contribution >= 0.6 is 0 Å². The molecule has 1 saturated carbocycles. The number of cyclic esters (lactones) is 1. The molecule has 1 amide bonds. The molecule has 5 rings (SSSR count). The second kappa shape index (κ2) is 9.82. The molecule has 2 heterocycles. The van der Waals surface area contributed by atoms with Crippen molar-refractivity contribution in [2.75, 3.05) is 6.54 Å². The molecule has 1 N–H and O–H groups in total. The van der Waals surface area contributed by atoms with Gasteiger partial charge in [0.05, 0.1) is 11.6 Å². The maximum atomic E-state index is 13.5. The lowest BCUT2D eigenvalue weighted by Crippen LogP contribution is -2.41. The zero-order valence-corrected chi connectivity index (χ0v) is 21.9. The molecule has 6 nitrogen and oxygen atoms in total. The van der Waals surface area contributed by atoms with Crippen molar-refractivity contribution in [3.05, 3.63) is 94.4 Å². The molecule has 2 fully saturated rings. The summed E-state index contributed by atoms with van der Waals surface area (Å²) >= 11 is 0. The third-order valence-corrected chi connectivity index (χ3v) is 7.60. The fourth-order valence-electron chi connectivity index (χ4n) is 5.58. The van der Waals surface area contributed by atoms with Crippen molar-refractivity contribution in [2.45, 2.75) is 76.2 Å². The van der Waals surface area contributed by atoms with Crippen molar-refractivity contribution < 1.29 is 14.6 Å². The second-order valence-corrected chi connectivity index (χ2v) is 11.2. The van der Waals surface area contributed by atoms with Gasteiger partial charge in [0.25, 0.3) is 5.56 Å². The van der Waals surface area contributed by atoms with Crippen molar-refractivity contribution in [1.82, 2.24) is 9.47 Å². The molecule has 3 aromatic rings. The van der Waals surface area contributed by atoms with E-state index in [1.807, 2.05) is 78.4 Å². The van der Waals surface area contributed by atoms with Gasteiger partial charge >= 0.3 is 6.09 Å². The average molecular weight is 501 g/mol. The third kappa shape index (κ3) is 5.49. The van der Waals surface area contributed by atoms with Gasteiger partial charge in [0.15, 0.2) is 0 Å². The van der Waals surface area contributed by atoms with Crippen LogP contribution in [0, 0.1) is 0 Å². The number of ether oxygens (including phenoxy) is 1. The lowest BCUT2D eigenvalue weighted by Gasteiger charge is -2.37. The van der Waals surface area contributed by atoms with E-state index < -0.39 is 11.2 Å². The number of rotatable bonds is 7. The first-order chi connectivity index (χ1) is 17.7. The summed E-state index contributed by atoms with van der Waals surface area (Å²) < 4.78 is 8.07. The first kappa shape index (κ1) is 25.3. The number of hydrogen-bond donors (Lipinski definition) is 1. The van der Waals surface area contributed by atoms with Crippen LogP contribution in [0.1, 0.15) is 76.1 Å². The minimum Gasteiger partial charge on any atom is -0.438 e. The molecule has 2 aromatic carbocycles. The number of hydrogen-bond acceptors (Lipinski definition) is 4. The van der Waals surface area contributed by atoms with Crippen molar-refractivity contribution >= 4 is 6.09 Å². The van der Waals surface area contributed by atoms with Gasteiger partial charge in [0.1, 0.15) is 5.60 Å². The average Bonchev–Trinajstić information content (AvgIpc) is 3.72. The molecule has 1 aliphatic heterocycles. The summed E-state index contributed by atoms with van der Waals surface area (Å²) in [6.45, 7) is 6.10. The van der Waals surface area contributed by atoms with Crippen molar-refractivity contribution in [3.8, 4) is 11.1 Å². The van der Waals surface area contributed by atoms with Crippen LogP contribution in [0.3, 0.4) is 0 Å². The maximum absolute atomic E-state index is 13.5. The van der Waals surface area contributed by atoms with Gasteiger partial charge in [-0.3, -0.25) is 4.79 Å². The first-order valence-corrected chi connectivity index (χ1v) is 13.3. The van der Waals surface area contributed by atoms with E-state index in [-0.39, 0.29) is 17.7 Å². The molecule has 1 aliphatic carbocycles. The Bertz CT molecular complexity index is 1310. The van der Waals surface area contributed by atoms with E-state index in [0.717, 1.165) is 41.5 Å². The quantitative estimate of drug-likeness (QED) is 0.419. The van der Waals surface area contributed by atoms with E-state index in [2.05, 4.69) is 0 Å². The highest BCUT2D eigenvalue weighted by molar-refractivity contribution is 5.70. The van der Waals surface area contributed by atoms with Gasteiger partial charge in [-0.05, 0) is 74.8 Å². The fourth-order valence-corrected chi connectivity index (χ4v) is 5.58. The van der Waals surface area contributed by atoms with Crippen molar-refractivity contribution in [2.24, 2.45) is 0 Å².